The number of rotatable bonds is 6. The van der Waals surface area contributed by atoms with E-state index in [9.17, 15) is 8.42 Å². The highest BCUT2D eigenvalue weighted by Gasteiger charge is 2.34. The lowest BCUT2D eigenvalue weighted by molar-refractivity contribution is 0.428. The van der Waals surface area contributed by atoms with E-state index in [-0.39, 0.29) is 17.1 Å². The Morgan fingerprint density at radius 1 is 1.12 bits per heavy atom. The molecule has 1 aliphatic rings. The molecule has 1 aromatic rings. The lowest BCUT2D eigenvalue weighted by atomic mass is 9.86. The largest absolute Gasteiger partial charge is 0.223 e. The monoisotopic (exact) mass is 372 g/mol. The van der Waals surface area contributed by atoms with Gasteiger partial charge in [-0.25, -0.2) is 8.42 Å². The summed E-state index contributed by atoms with van der Waals surface area (Å²) in [5.41, 5.74) is 4.73. The second-order valence-electron chi connectivity index (χ2n) is 8.50. The van der Waals surface area contributed by atoms with Crippen molar-refractivity contribution in [3.63, 3.8) is 0 Å². The minimum absolute atomic E-state index is 0.0361. The van der Waals surface area contributed by atoms with Crippen LogP contribution in [0.2, 0.25) is 0 Å². The molecule has 0 saturated heterocycles. The van der Waals surface area contributed by atoms with E-state index >= 15 is 0 Å². The number of hydrogen-bond donors (Lipinski definition) is 0. The predicted molar refractivity (Wildman–Crippen MR) is 111 cm³/mol. The lowest BCUT2D eigenvalue weighted by Gasteiger charge is -2.20. The van der Waals surface area contributed by atoms with Crippen molar-refractivity contribution in [3.8, 4) is 0 Å². The number of aryl methyl sites for hydroxylation is 1. The van der Waals surface area contributed by atoms with Crippen molar-refractivity contribution in [1.29, 1.82) is 0 Å². The lowest BCUT2D eigenvalue weighted by Crippen LogP contribution is -2.14. The third kappa shape index (κ3) is 5.44. The molecule has 0 radical (unpaired) electrons. The second kappa shape index (κ2) is 7.96. The third-order valence-electron chi connectivity index (χ3n) is 5.01. The molecule has 2 nitrogen and oxygen atoms in total. The molecule has 26 heavy (non-hydrogen) atoms. The molecule has 142 valence electrons. The first-order valence-corrected chi connectivity index (χ1v) is 11.0. The molecule has 1 atom stereocenters. The van der Waals surface area contributed by atoms with Gasteiger partial charge in [0.05, 0.1) is 10.6 Å². The van der Waals surface area contributed by atoms with Crippen LogP contribution < -0.4 is 0 Å². The summed E-state index contributed by atoms with van der Waals surface area (Å²) < 4.78 is 25.8. The van der Waals surface area contributed by atoms with Crippen LogP contribution in [0.1, 0.15) is 53.0 Å². The first-order chi connectivity index (χ1) is 12.0. The molecule has 0 amide bonds. The highest BCUT2D eigenvalue weighted by Crippen LogP contribution is 2.43. The van der Waals surface area contributed by atoms with Crippen molar-refractivity contribution >= 4 is 9.84 Å². The zero-order valence-corrected chi connectivity index (χ0v) is 17.8. The summed E-state index contributed by atoms with van der Waals surface area (Å²) in [5, 5.41) is 0. The fraction of sp³-hybridized carbons (Fsp3) is 0.478. The molecular formula is C23H32O2S. The van der Waals surface area contributed by atoms with Crippen LogP contribution in [0.4, 0.5) is 0 Å². The Bertz CT molecular complexity index is 831. The van der Waals surface area contributed by atoms with Gasteiger partial charge in [-0.05, 0) is 58.1 Å². The molecule has 0 heterocycles. The maximum Gasteiger partial charge on any atom is 0.182 e. The third-order valence-corrected chi connectivity index (χ3v) is 6.71. The van der Waals surface area contributed by atoms with Gasteiger partial charge in [0.2, 0.25) is 0 Å². The van der Waals surface area contributed by atoms with E-state index in [0.717, 1.165) is 24.0 Å². The summed E-state index contributed by atoms with van der Waals surface area (Å²) in [7, 11) is -3.32. The number of sulfone groups is 1. The summed E-state index contributed by atoms with van der Waals surface area (Å²) in [5.74, 6) is 0.327. The average Bonchev–Trinajstić information content (AvgIpc) is 2.81. The molecule has 0 aliphatic heterocycles. The summed E-state index contributed by atoms with van der Waals surface area (Å²) in [4.78, 5) is 0.415. The minimum atomic E-state index is -3.32. The zero-order valence-electron chi connectivity index (χ0n) is 17.0. The molecule has 1 aromatic carbocycles. The molecule has 1 unspecified atom stereocenters. The molecule has 0 aromatic heterocycles. The number of benzene rings is 1. The Morgan fingerprint density at radius 3 is 2.31 bits per heavy atom. The van der Waals surface area contributed by atoms with Crippen LogP contribution in [0, 0.1) is 18.3 Å². The van der Waals surface area contributed by atoms with Gasteiger partial charge in [-0.3, -0.25) is 0 Å². The van der Waals surface area contributed by atoms with Gasteiger partial charge in [-0.15, -0.1) is 0 Å². The Kier molecular flexibility index (Phi) is 6.33. The second-order valence-corrected chi connectivity index (χ2v) is 10.5. The minimum Gasteiger partial charge on any atom is -0.223 e. The van der Waals surface area contributed by atoms with Gasteiger partial charge in [0.1, 0.15) is 0 Å². The Morgan fingerprint density at radius 2 is 1.73 bits per heavy atom. The first-order valence-electron chi connectivity index (χ1n) is 9.31. The summed E-state index contributed by atoms with van der Waals surface area (Å²) in [6, 6.07) is 7.17. The SMILES string of the molecule is CC(C)=CC/C=C(\C)C1CC(C)(C)C=C1CS(=O)(=O)c1ccc(C)cc1. The standard InChI is InChI=1S/C23H32O2S/c1-17(2)8-7-9-19(4)22-15-23(5,6)14-20(22)16-26(24,25)21-12-10-18(3)11-13-21/h8-14,22H,7,15-16H2,1-6H3/b19-9+. The molecule has 0 saturated carbocycles. The fourth-order valence-corrected chi connectivity index (χ4v) is 5.03. The number of hydrogen-bond acceptors (Lipinski definition) is 2. The van der Waals surface area contributed by atoms with Crippen LogP contribution in [0.15, 0.2) is 64.1 Å². The maximum atomic E-state index is 12.9. The predicted octanol–water partition coefficient (Wildman–Crippen LogP) is 6.04. The van der Waals surface area contributed by atoms with Gasteiger partial charge in [0.25, 0.3) is 0 Å². The van der Waals surface area contributed by atoms with Crippen molar-refractivity contribution in [3.05, 3.63) is 64.8 Å². The summed E-state index contributed by atoms with van der Waals surface area (Å²) in [6.45, 7) is 12.7. The van der Waals surface area contributed by atoms with Crippen molar-refractivity contribution in [2.24, 2.45) is 11.3 Å². The Hall–Kier alpha value is -1.61. The highest BCUT2D eigenvalue weighted by atomic mass is 32.2. The smallest absolute Gasteiger partial charge is 0.182 e. The van der Waals surface area contributed by atoms with Crippen molar-refractivity contribution < 1.29 is 8.42 Å². The van der Waals surface area contributed by atoms with Gasteiger partial charge in [-0.1, -0.05) is 66.5 Å². The molecule has 0 bridgehead atoms. The van der Waals surface area contributed by atoms with Crippen LogP contribution in [0.25, 0.3) is 0 Å². The van der Waals surface area contributed by atoms with E-state index in [4.69, 9.17) is 0 Å². The van der Waals surface area contributed by atoms with Crippen LogP contribution in [0.3, 0.4) is 0 Å². The van der Waals surface area contributed by atoms with Crippen LogP contribution in [0.5, 0.6) is 0 Å². The Labute approximate surface area is 159 Å². The van der Waals surface area contributed by atoms with Crippen molar-refractivity contribution in [1.82, 2.24) is 0 Å². The topological polar surface area (TPSA) is 34.1 Å². The van der Waals surface area contributed by atoms with E-state index in [1.54, 1.807) is 12.1 Å². The molecule has 0 fully saturated rings. The van der Waals surface area contributed by atoms with Gasteiger partial charge >= 0.3 is 0 Å². The van der Waals surface area contributed by atoms with E-state index in [0.29, 0.717) is 4.90 Å². The quantitative estimate of drug-likeness (QED) is 0.570. The van der Waals surface area contributed by atoms with Gasteiger partial charge in [0, 0.05) is 5.92 Å². The summed E-state index contributed by atoms with van der Waals surface area (Å²) >= 11 is 0. The van der Waals surface area contributed by atoms with Crippen LogP contribution in [-0.2, 0) is 9.84 Å². The average molecular weight is 373 g/mol. The van der Waals surface area contributed by atoms with E-state index in [2.05, 4.69) is 52.8 Å². The van der Waals surface area contributed by atoms with Crippen molar-refractivity contribution in [2.45, 2.75) is 59.3 Å². The molecule has 1 aliphatic carbocycles. The molecular weight excluding hydrogens is 340 g/mol. The van der Waals surface area contributed by atoms with Gasteiger partial charge < -0.3 is 0 Å². The Balaban J connectivity index is 2.26. The first kappa shape index (κ1) is 20.7. The molecule has 0 N–H and O–H groups in total. The fourth-order valence-electron chi connectivity index (χ4n) is 3.59. The van der Waals surface area contributed by atoms with Crippen LogP contribution >= 0.6 is 0 Å². The van der Waals surface area contributed by atoms with E-state index < -0.39 is 9.84 Å². The van der Waals surface area contributed by atoms with Crippen LogP contribution in [-0.4, -0.2) is 14.2 Å². The number of allylic oxidation sites excluding steroid dienone is 5. The maximum absolute atomic E-state index is 12.9. The normalized spacial score (nSPS) is 20.0. The summed E-state index contributed by atoms with van der Waals surface area (Å²) in [6.07, 6.45) is 8.51. The molecule has 3 heteroatoms. The van der Waals surface area contributed by atoms with E-state index in [1.165, 1.54) is 11.1 Å². The molecule has 0 spiro atoms. The molecule has 2 rings (SSSR count). The highest BCUT2D eigenvalue weighted by molar-refractivity contribution is 7.91. The van der Waals surface area contributed by atoms with E-state index in [1.807, 2.05) is 19.1 Å². The zero-order chi connectivity index (χ0) is 19.5. The van der Waals surface area contributed by atoms with Gasteiger partial charge in [-0.2, -0.15) is 0 Å². The van der Waals surface area contributed by atoms with Gasteiger partial charge in [0.15, 0.2) is 9.84 Å². The van der Waals surface area contributed by atoms with Crippen molar-refractivity contribution in [2.75, 3.05) is 5.75 Å².